The van der Waals surface area contributed by atoms with Crippen molar-refractivity contribution in [2.45, 2.75) is 328 Å². The Kier molecular flexibility index (Phi) is 56.5. The monoisotopic (exact) mass is 968 g/mol. The molecule has 0 aliphatic heterocycles. The van der Waals surface area contributed by atoms with Gasteiger partial charge in [-0.05, 0) is 77.0 Å². The highest BCUT2D eigenvalue weighted by Gasteiger charge is 2.18. The lowest BCUT2D eigenvalue weighted by Gasteiger charge is -2.20. The van der Waals surface area contributed by atoms with Gasteiger partial charge in [0.2, 0.25) is 5.91 Å². The lowest BCUT2D eigenvalue weighted by atomic mass is 10.0. The van der Waals surface area contributed by atoms with E-state index in [1.54, 1.807) is 6.08 Å². The van der Waals surface area contributed by atoms with Crippen molar-refractivity contribution in [1.29, 1.82) is 0 Å². The summed E-state index contributed by atoms with van der Waals surface area (Å²) in [5.74, 6) is -0.116. The highest BCUT2D eigenvalue weighted by molar-refractivity contribution is 5.76. The van der Waals surface area contributed by atoms with Gasteiger partial charge in [0.25, 0.3) is 0 Å². The van der Waals surface area contributed by atoms with Crippen LogP contribution in [0.25, 0.3) is 0 Å². The van der Waals surface area contributed by atoms with Crippen LogP contribution in [0.15, 0.2) is 48.6 Å². The first-order valence-electron chi connectivity index (χ1n) is 30.4. The minimum atomic E-state index is -0.849. The fourth-order valence-corrected chi connectivity index (χ4v) is 9.17. The molecule has 0 heterocycles. The Bertz CT molecular complexity index is 1160. The van der Waals surface area contributed by atoms with Crippen LogP contribution in [0.1, 0.15) is 316 Å². The van der Waals surface area contributed by atoms with Crippen LogP contribution in [-0.2, 0) is 14.3 Å². The van der Waals surface area contributed by atoms with Crippen molar-refractivity contribution < 1.29 is 24.5 Å². The summed E-state index contributed by atoms with van der Waals surface area (Å²) in [5.41, 5.74) is 0. The van der Waals surface area contributed by atoms with E-state index in [2.05, 4.69) is 55.6 Å². The lowest BCUT2D eigenvalue weighted by Crippen LogP contribution is -2.45. The van der Waals surface area contributed by atoms with Crippen molar-refractivity contribution in [3.63, 3.8) is 0 Å². The second-order valence-electron chi connectivity index (χ2n) is 20.7. The average Bonchev–Trinajstić information content (AvgIpc) is 3.35. The van der Waals surface area contributed by atoms with Gasteiger partial charge in [0.1, 0.15) is 0 Å². The lowest BCUT2D eigenvalue weighted by molar-refractivity contribution is -0.143. The molecule has 2 atom stereocenters. The van der Waals surface area contributed by atoms with Crippen LogP contribution in [0.4, 0.5) is 0 Å². The number of allylic oxidation sites excluding steroid dienone is 6. The molecule has 1 amide bonds. The van der Waals surface area contributed by atoms with Gasteiger partial charge in [-0.2, -0.15) is 0 Å². The minimum Gasteiger partial charge on any atom is -0.465 e. The highest BCUT2D eigenvalue weighted by atomic mass is 16.5. The van der Waals surface area contributed by atoms with Crippen LogP contribution in [0.2, 0.25) is 0 Å². The Hall–Kier alpha value is -2.18. The molecular formula is C63H117NO5. The molecule has 0 rings (SSSR count). The number of rotatable bonds is 56. The quantitative estimate of drug-likeness (QED) is 0.0321. The third-order valence-corrected chi connectivity index (χ3v) is 13.8. The van der Waals surface area contributed by atoms with Gasteiger partial charge in [-0.3, -0.25) is 9.59 Å². The maximum atomic E-state index is 12.5. The minimum absolute atomic E-state index is 0.0441. The van der Waals surface area contributed by atoms with Crippen LogP contribution in [0, 0.1) is 0 Å². The van der Waals surface area contributed by atoms with Gasteiger partial charge in [0, 0.05) is 12.8 Å². The summed E-state index contributed by atoms with van der Waals surface area (Å²) in [6, 6.07) is -0.633. The van der Waals surface area contributed by atoms with Crippen LogP contribution >= 0.6 is 0 Å². The summed E-state index contributed by atoms with van der Waals surface area (Å²) in [4.78, 5) is 24.5. The van der Waals surface area contributed by atoms with Crippen molar-refractivity contribution >= 4 is 11.9 Å². The van der Waals surface area contributed by atoms with Gasteiger partial charge < -0.3 is 20.3 Å². The number of unbranched alkanes of at least 4 members (excludes halogenated alkanes) is 39. The zero-order chi connectivity index (χ0) is 50.0. The van der Waals surface area contributed by atoms with Crippen LogP contribution in [0.3, 0.4) is 0 Å². The van der Waals surface area contributed by atoms with E-state index >= 15 is 0 Å². The molecule has 0 aromatic heterocycles. The third-order valence-electron chi connectivity index (χ3n) is 13.8. The van der Waals surface area contributed by atoms with Crippen molar-refractivity contribution in [2.75, 3.05) is 13.2 Å². The van der Waals surface area contributed by atoms with E-state index in [-0.39, 0.29) is 18.5 Å². The summed E-state index contributed by atoms with van der Waals surface area (Å²) in [5, 5.41) is 23.1. The van der Waals surface area contributed by atoms with Crippen molar-refractivity contribution in [1.82, 2.24) is 5.32 Å². The number of carbonyl (C=O) groups excluding carboxylic acids is 2. The van der Waals surface area contributed by atoms with Gasteiger partial charge in [-0.15, -0.1) is 0 Å². The summed E-state index contributed by atoms with van der Waals surface area (Å²) in [6.45, 7) is 4.79. The molecule has 6 nitrogen and oxygen atoms in total. The topological polar surface area (TPSA) is 95.9 Å². The van der Waals surface area contributed by atoms with E-state index in [0.717, 1.165) is 51.4 Å². The number of amides is 1. The Labute approximate surface area is 429 Å². The predicted molar refractivity (Wildman–Crippen MR) is 301 cm³/mol. The maximum Gasteiger partial charge on any atom is 0.305 e. The van der Waals surface area contributed by atoms with Crippen LogP contribution in [-0.4, -0.2) is 47.4 Å². The SMILES string of the molecule is CCCCCCCC/C=C\CCCCCCCC(=O)OCC/C=C\C/C=C\CCCCCCCCCCCCCCCCC(=O)NC(CO)C(O)/C=C/CCCCCCCCCCCCCCCC. The number of ether oxygens (including phenoxy) is 1. The molecule has 0 aromatic carbocycles. The van der Waals surface area contributed by atoms with Crippen LogP contribution < -0.4 is 5.32 Å². The van der Waals surface area contributed by atoms with E-state index in [1.165, 1.54) is 238 Å². The zero-order valence-corrected chi connectivity index (χ0v) is 46.0. The second-order valence-corrected chi connectivity index (χ2v) is 20.7. The largest absolute Gasteiger partial charge is 0.465 e. The molecule has 0 saturated carbocycles. The Morgan fingerprint density at radius 2 is 0.725 bits per heavy atom. The predicted octanol–water partition coefficient (Wildman–Crippen LogP) is 19.0. The molecule has 3 N–H and O–H groups in total. The highest BCUT2D eigenvalue weighted by Crippen LogP contribution is 2.17. The summed E-state index contributed by atoms with van der Waals surface area (Å²) in [7, 11) is 0. The first-order valence-corrected chi connectivity index (χ1v) is 30.4. The first-order chi connectivity index (χ1) is 34.0. The molecule has 0 saturated heterocycles. The number of esters is 1. The normalized spacial score (nSPS) is 12.9. The van der Waals surface area contributed by atoms with E-state index in [1.807, 2.05) is 6.08 Å². The summed E-state index contributed by atoms with van der Waals surface area (Å²) < 4.78 is 5.41. The second kappa shape index (κ2) is 58.4. The molecule has 0 aromatic rings. The molecule has 0 aliphatic rings. The number of hydrogen-bond acceptors (Lipinski definition) is 5. The molecule has 0 radical (unpaired) electrons. The van der Waals surface area contributed by atoms with Crippen molar-refractivity contribution in [3.05, 3.63) is 48.6 Å². The molecule has 6 heteroatoms. The Balaban J connectivity index is 3.49. The van der Waals surface area contributed by atoms with Crippen molar-refractivity contribution in [3.8, 4) is 0 Å². The fraction of sp³-hybridized carbons (Fsp3) is 0.841. The Morgan fingerprint density at radius 3 is 1.12 bits per heavy atom. The number of hydrogen-bond donors (Lipinski definition) is 3. The van der Waals surface area contributed by atoms with Crippen LogP contribution in [0.5, 0.6) is 0 Å². The van der Waals surface area contributed by atoms with Gasteiger partial charge in [-0.25, -0.2) is 0 Å². The molecular weight excluding hydrogens is 851 g/mol. The first kappa shape index (κ1) is 66.8. The molecule has 0 bridgehead atoms. The van der Waals surface area contributed by atoms with E-state index < -0.39 is 12.1 Å². The third kappa shape index (κ3) is 55.0. The zero-order valence-electron chi connectivity index (χ0n) is 46.0. The molecule has 0 fully saturated rings. The average molecular weight is 969 g/mol. The molecule has 0 aliphatic carbocycles. The summed E-state index contributed by atoms with van der Waals surface area (Å²) >= 11 is 0. The fourth-order valence-electron chi connectivity index (χ4n) is 9.17. The number of aliphatic hydroxyl groups is 2. The molecule has 69 heavy (non-hydrogen) atoms. The van der Waals surface area contributed by atoms with E-state index in [9.17, 15) is 19.8 Å². The number of carbonyl (C=O) groups is 2. The number of aliphatic hydroxyl groups excluding tert-OH is 2. The van der Waals surface area contributed by atoms with Gasteiger partial charge in [0.05, 0.1) is 25.4 Å². The molecule has 0 spiro atoms. The van der Waals surface area contributed by atoms with E-state index in [4.69, 9.17) is 4.74 Å². The van der Waals surface area contributed by atoms with Gasteiger partial charge >= 0.3 is 5.97 Å². The summed E-state index contributed by atoms with van der Waals surface area (Å²) in [6.07, 6.45) is 74.4. The van der Waals surface area contributed by atoms with Gasteiger partial charge in [-0.1, -0.05) is 274 Å². The standard InChI is InChI=1S/C63H117NO5/c1-3-5-7-9-11-13-15-17-19-28-31-35-39-43-47-51-55-61(66)60(59-65)64-62(67)56-52-48-44-40-36-32-29-25-23-21-20-22-24-26-30-34-38-42-46-50-54-58-69-63(68)57-53-49-45-41-37-33-27-18-16-14-12-10-8-6-4-2/h18,27,34,38,46,50-51,55,60-61,65-66H,3-17,19-26,28-33,35-37,39-45,47-49,52-54,56-59H2,1-2H3,(H,64,67)/b27-18-,38-34-,50-46-,55-51+. The van der Waals surface area contributed by atoms with E-state index in [0.29, 0.717) is 19.4 Å². The van der Waals surface area contributed by atoms with Crippen molar-refractivity contribution in [2.24, 2.45) is 0 Å². The molecule has 2 unspecified atom stereocenters. The maximum absolute atomic E-state index is 12.5. The molecule has 404 valence electrons. The Morgan fingerprint density at radius 1 is 0.406 bits per heavy atom. The number of nitrogens with one attached hydrogen (secondary N) is 1. The van der Waals surface area contributed by atoms with Gasteiger partial charge in [0.15, 0.2) is 0 Å². The smallest absolute Gasteiger partial charge is 0.305 e.